The second-order valence-corrected chi connectivity index (χ2v) is 9.45. The molecule has 3 aliphatic rings. The van der Waals surface area contributed by atoms with Crippen molar-refractivity contribution in [3.63, 3.8) is 0 Å². The van der Waals surface area contributed by atoms with Crippen molar-refractivity contribution < 1.29 is 9.53 Å². The molecule has 170 valence electrons. The van der Waals surface area contributed by atoms with Gasteiger partial charge in [0, 0.05) is 57.7 Å². The van der Waals surface area contributed by atoms with Crippen LogP contribution in [0.1, 0.15) is 48.2 Å². The fourth-order valence-corrected chi connectivity index (χ4v) is 5.38. The lowest BCUT2D eigenvalue weighted by Gasteiger charge is -2.40. The number of aromatic nitrogens is 2. The Hall–Kier alpha value is -2.51. The Bertz CT molecular complexity index is 932. The van der Waals surface area contributed by atoms with Gasteiger partial charge in [-0.3, -0.25) is 9.69 Å². The molecule has 3 aliphatic heterocycles. The first kappa shape index (κ1) is 21.3. The summed E-state index contributed by atoms with van der Waals surface area (Å²) < 4.78 is 5.79. The monoisotopic (exact) mass is 435 g/mol. The van der Waals surface area contributed by atoms with Gasteiger partial charge < -0.3 is 14.5 Å². The van der Waals surface area contributed by atoms with E-state index in [0.29, 0.717) is 17.6 Å². The van der Waals surface area contributed by atoms with Crippen molar-refractivity contribution in [2.24, 2.45) is 0 Å². The van der Waals surface area contributed by atoms with Gasteiger partial charge in [0.1, 0.15) is 0 Å². The van der Waals surface area contributed by atoms with E-state index in [4.69, 9.17) is 4.74 Å². The van der Waals surface area contributed by atoms with Crippen molar-refractivity contribution in [2.75, 3.05) is 37.6 Å². The molecule has 32 heavy (non-hydrogen) atoms. The molecule has 7 heteroatoms. The number of rotatable bonds is 3. The third kappa shape index (κ3) is 4.50. The van der Waals surface area contributed by atoms with E-state index >= 15 is 0 Å². The van der Waals surface area contributed by atoms with Crippen molar-refractivity contribution in [1.82, 2.24) is 19.8 Å². The van der Waals surface area contributed by atoms with E-state index in [1.807, 2.05) is 4.90 Å². The predicted molar refractivity (Wildman–Crippen MR) is 124 cm³/mol. The summed E-state index contributed by atoms with van der Waals surface area (Å²) in [6.45, 7) is 9.40. The minimum Gasteiger partial charge on any atom is -0.372 e. The molecule has 0 aliphatic carbocycles. The Morgan fingerprint density at radius 3 is 2.31 bits per heavy atom. The van der Waals surface area contributed by atoms with Crippen LogP contribution in [0, 0.1) is 0 Å². The molecule has 2 saturated heterocycles. The highest BCUT2D eigenvalue weighted by atomic mass is 16.5. The van der Waals surface area contributed by atoms with Gasteiger partial charge in [-0.2, -0.15) is 0 Å². The van der Waals surface area contributed by atoms with Crippen LogP contribution < -0.4 is 4.90 Å². The molecular formula is C25H33N5O2. The van der Waals surface area contributed by atoms with Crippen molar-refractivity contribution >= 4 is 11.9 Å². The Morgan fingerprint density at radius 1 is 0.969 bits per heavy atom. The average Bonchev–Trinajstić information content (AvgIpc) is 2.83. The second kappa shape index (κ2) is 9.16. The largest absolute Gasteiger partial charge is 0.372 e. The van der Waals surface area contributed by atoms with Gasteiger partial charge in [0.25, 0.3) is 5.91 Å². The van der Waals surface area contributed by atoms with E-state index in [1.165, 1.54) is 11.1 Å². The van der Waals surface area contributed by atoms with E-state index in [0.717, 1.165) is 58.5 Å². The van der Waals surface area contributed by atoms with Gasteiger partial charge in [0.15, 0.2) is 0 Å². The van der Waals surface area contributed by atoms with Crippen LogP contribution in [0.5, 0.6) is 0 Å². The highest BCUT2D eigenvalue weighted by molar-refractivity contribution is 5.93. The maximum absolute atomic E-state index is 13.0. The van der Waals surface area contributed by atoms with Crippen LogP contribution in [0.2, 0.25) is 0 Å². The second-order valence-electron chi connectivity index (χ2n) is 9.45. The van der Waals surface area contributed by atoms with Crippen molar-refractivity contribution in [3.05, 3.63) is 53.3 Å². The third-order valence-corrected chi connectivity index (χ3v) is 7.02. The summed E-state index contributed by atoms with van der Waals surface area (Å²) in [4.78, 5) is 28.7. The quantitative estimate of drug-likeness (QED) is 0.739. The SMILES string of the molecule is CC1CN(c2ncc(C(=O)N3CCC(N4CCc5ccccc5C4)CC3)cn2)CC(C)O1. The number of benzene rings is 1. The zero-order valence-corrected chi connectivity index (χ0v) is 19.1. The Kier molecular flexibility index (Phi) is 6.11. The lowest BCUT2D eigenvalue weighted by molar-refractivity contribution is -0.00573. The maximum Gasteiger partial charge on any atom is 0.256 e. The van der Waals surface area contributed by atoms with E-state index in [9.17, 15) is 4.79 Å². The van der Waals surface area contributed by atoms with E-state index in [-0.39, 0.29) is 18.1 Å². The molecule has 0 radical (unpaired) electrons. The van der Waals surface area contributed by atoms with E-state index < -0.39 is 0 Å². The van der Waals surface area contributed by atoms with Gasteiger partial charge in [0.05, 0.1) is 17.8 Å². The Labute approximate surface area is 190 Å². The summed E-state index contributed by atoms with van der Waals surface area (Å²) in [5.41, 5.74) is 3.52. The predicted octanol–water partition coefficient (Wildman–Crippen LogP) is 2.75. The number of hydrogen-bond donors (Lipinski definition) is 0. The molecule has 5 rings (SSSR count). The van der Waals surface area contributed by atoms with Crippen LogP contribution in [0.4, 0.5) is 5.95 Å². The molecule has 0 bridgehead atoms. The first-order chi connectivity index (χ1) is 15.6. The number of carbonyl (C=O) groups excluding carboxylic acids is 1. The van der Waals surface area contributed by atoms with Gasteiger partial charge in [-0.25, -0.2) is 9.97 Å². The normalized spacial score (nSPS) is 24.9. The summed E-state index contributed by atoms with van der Waals surface area (Å²) in [6.07, 6.45) is 6.84. The number of piperidine rings is 1. The summed E-state index contributed by atoms with van der Waals surface area (Å²) in [7, 11) is 0. The van der Waals surface area contributed by atoms with Gasteiger partial charge in [0.2, 0.25) is 5.95 Å². The minimum atomic E-state index is 0.0442. The summed E-state index contributed by atoms with van der Waals surface area (Å²) in [6, 6.07) is 9.33. The van der Waals surface area contributed by atoms with E-state index in [2.05, 4.69) is 57.9 Å². The smallest absolute Gasteiger partial charge is 0.256 e. The standard InChI is InChI=1S/C25H33N5O2/c1-18-15-30(16-19(2)32-18)25-26-13-22(14-27-25)24(31)28-11-8-23(9-12-28)29-10-7-20-5-3-4-6-21(20)17-29/h3-6,13-14,18-19,23H,7-12,15-17H2,1-2H3. The number of anilines is 1. The van der Waals surface area contributed by atoms with Crippen molar-refractivity contribution in [3.8, 4) is 0 Å². The van der Waals surface area contributed by atoms with Crippen LogP contribution in [-0.4, -0.2) is 76.6 Å². The maximum atomic E-state index is 13.0. The summed E-state index contributed by atoms with van der Waals surface area (Å²) in [5, 5.41) is 0. The number of nitrogens with zero attached hydrogens (tertiary/aromatic N) is 5. The van der Waals surface area contributed by atoms with Gasteiger partial charge in [-0.05, 0) is 44.2 Å². The molecule has 7 nitrogen and oxygen atoms in total. The molecule has 4 heterocycles. The number of morpholine rings is 1. The Balaban J connectivity index is 1.16. The summed E-state index contributed by atoms with van der Waals surface area (Å²) in [5.74, 6) is 0.718. The lowest BCUT2D eigenvalue weighted by atomic mass is 9.95. The molecule has 2 aromatic rings. The van der Waals surface area contributed by atoms with Gasteiger partial charge in [-0.1, -0.05) is 24.3 Å². The highest BCUT2D eigenvalue weighted by Crippen LogP contribution is 2.25. The van der Waals surface area contributed by atoms with E-state index in [1.54, 1.807) is 12.4 Å². The fraction of sp³-hybridized carbons (Fsp3) is 0.560. The number of hydrogen-bond acceptors (Lipinski definition) is 6. The molecule has 1 amide bonds. The van der Waals surface area contributed by atoms with Crippen LogP contribution in [-0.2, 0) is 17.7 Å². The third-order valence-electron chi connectivity index (χ3n) is 7.02. The molecule has 2 fully saturated rings. The Morgan fingerprint density at radius 2 is 1.62 bits per heavy atom. The molecular weight excluding hydrogens is 402 g/mol. The zero-order valence-electron chi connectivity index (χ0n) is 19.1. The zero-order chi connectivity index (χ0) is 22.1. The van der Waals surface area contributed by atoms with Gasteiger partial charge in [-0.15, -0.1) is 0 Å². The van der Waals surface area contributed by atoms with Crippen LogP contribution >= 0.6 is 0 Å². The molecule has 0 spiro atoms. The number of carbonyl (C=O) groups is 1. The van der Waals surface area contributed by atoms with Crippen LogP contribution in [0.3, 0.4) is 0 Å². The number of ether oxygens (including phenoxy) is 1. The first-order valence-electron chi connectivity index (χ1n) is 11.9. The van der Waals surface area contributed by atoms with Crippen molar-refractivity contribution in [2.45, 2.75) is 57.9 Å². The topological polar surface area (TPSA) is 61.8 Å². The number of fused-ring (bicyclic) bond motifs is 1. The average molecular weight is 436 g/mol. The number of likely N-dealkylation sites (tertiary alicyclic amines) is 1. The lowest BCUT2D eigenvalue weighted by Crippen LogP contribution is -2.48. The molecule has 1 aromatic heterocycles. The van der Waals surface area contributed by atoms with Crippen LogP contribution in [0.25, 0.3) is 0 Å². The molecule has 2 atom stereocenters. The van der Waals surface area contributed by atoms with Crippen LogP contribution in [0.15, 0.2) is 36.7 Å². The minimum absolute atomic E-state index is 0.0442. The number of amides is 1. The molecule has 0 N–H and O–H groups in total. The molecule has 2 unspecified atom stereocenters. The van der Waals surface area contributed by atoms with Gasteiger partial charge >= 0.3 is 0 Å². The first-order valence-corrected chi connectivity index (χ1v) is 11.9. The highest BCUT2D eigenvalue weighted by Gasteiger charge is 2.30. The molecule has 0 saturated carbocycles. The molecule has 1 aromatic carbocycles. The summed E-state index contributed by atoms with van der Waals surface area (Å²) >= 11 is 0. The fourth-order valence-electron chi connectivity index (χ4n) is 5.38. The van der Waals surface area contributed by atoms with Crippen molar-refractivity contribution in [1.29, 1.82) is 0 Å².